The van der Waals surface area contributed by atoms with Crippen LogP contribution in [0, 0.1) is 5.92 Å². The van der Waals surface area contributed by atoms with Gasteiger partial charge < -0.3 is 9.73 Å². The number of benzene rings is 1. The van der Waals surface area contributed by atoms with E-state index in [0.717, 1.165) is 43.1 Å². The first-order chi connectivity index (χ1) is 9.65. The SMILES string of the molecule is CC(C)CNCCCc1ncc(-c2cccc(Cl)c2)o1. The van der Waals surface area contributed by atoms with Crippen LogP contribution >= 0.6 is 11.6 Å². The summed E-state index contributed by atoms with van der Waals surface area (Å²) in [5, 5.41) is 4.12. The van der Waals surface area contributed by atoms with Gasteiger partial charge in [-0.25, -0.2) is 4.98 Å². The summed E-state index contributed by atoms with van der Waals surface area (Å²) >= 11 is 5.98. The van der Waals surface area contributed by atoms with E-state index < -0.39 is 0 Å². The average molecular weight is 293 g/mol. The topological polar surface area (TPSA) is 38.1 Å². The van der Waals surface area contributed by atoms with E-state index in [1.54, 1.807) is 6.20 Å². The molecular weight excluding hydrogens is 272 g/mol. The molecule has 20 heavy (non-hydrogen) atoms. The van der Waals surface area contributed by atoms with Gasteiger partial charge in [0.15, 0.2) is 11.7 Å². The van der Waals surface area contributed by atoms with Gasteiger partial charge in [0, 0.05) is 17.0 Å². The second kappa shape index (κ2) is 7.46. The Morgan fingerprint density at radius 1 is 1.35 bits per heavy atom. The Kier molecular flexibility index (Phi) is 5.62. The predicted molar refractivity (Wildman–Crippen MR) is 83.0 cm³/mol. The molecule has 2 aromatic rings. The number of nitrogens with one attached hydrogen (secondary N) is 1. The standard InChI is InChI=1S/C16H21ClN2O/c1-12(2)10-18-8-4-7-16-19-11-15(20-16)13-5-3-6-14(17)9-13/h3,5-6,9,11-12,18H,4,7-8,10H2,1-2H3. The van der Waals surface area contributed by atoms with Gasteiger partial charge in [-0.1, -0.05) is 37.6 Å². The summed E-state index contributed by atoms with van der Waals surface area (Å²) in [7, 11) is 0. The van der Waals surface area contributed by atoms with Crippen molar-refractivity contribution in [2.24, 2.45) is 5.92 Å². The molecule has 0 spiro atoms. The molecular formula is C16H21ClN2O. The molecule has 0 saturated carbocycles. The average Bonchev–Trinajstić information content (AvgIpc) is 2.87. The highest BCUT2D eigenvalue weighted by Gasteiger charge is 2.06. The highest BCUT2D eigenvalue weighted by atomic mass is 35.5. The molecule has 0 aliphatic carbocycles. The fraction of sp³-hybridized carbons (Fsp3) is 0.438. The highest BCUT2D eigenvalue weighted by molar-refractivity contribution is 6.30. The van der Waals surface area contributed by atoms with Crippen molar-refractivity contribution >= 4 is 11.6 Å². The quantitative estimate of drug-likeness (QED) is 0.778. The van der Waals surface area contributed by atoms with Crippen molar-refractivity contribution in [2.45, 2.75) is 26.7 Å². The zero-order chi connectivity index (χ0) is 14.4. The van der Waals surface area contributed by atoms with Crippen LogP contribution in [0.2, 0.25) is 5.02 Å². The summed E-state index contributed by atoms with van der Waals surface area (Å²) in [5.41, 5.74) is 0.967. The summed E-state index contributed by atoms with van der Waals surface area (Å²) in [4.78, 5) is 4.32. The first-order valence-corrected chi connectivity index (χ1v) is 7.44. The highest BCUT2D eigenvalue weighted by Crippen LogP contribution is 2.23. The lowest BCUT2D eigenvalue weighted by Crippen LogP contribution is -2.21. The van der Waals surface area contributed by atoms with Gasteiger partial charge in [-0.05, 0) is 37.6 Å². The predicted octanol–water partition coefficient (Wildman–Crippen LogP) is 4.17. The molecule has 0 atom stereocenters. The second-order valence-corrected chi connectivity index (χ2v) is 5.77. The van der Waals surface area contributed by atoms with E-state index in [1.807, 2.05) is 24.3 Å². The first kappa shape index (κ1) is 15.1. The molecule has 3 nitrogen and oxygen atoms in total. The maximum absolute atomic E-state index is 5.98. The zero-order valence-corrected chi connectivity index (χ0v) is 12.8. The Balaban J connectivity index is 1.83. The van der Waals surface area contributed by atoms with Crippen molar-refractivity contribution in [3.8, 4) is 11.3 Å². The molecule has 0 fully saturated rings. The van der Waals surface area contributed by atoms with E-state index >= 15 is 0 Å². The molecule has 0 saturated heterocycles. The van der Waals surface area contributed by atoms with E-state index in [-0.39, 0.29) is 0 Å². The number of aryl methyl sites for hydroxylation is 1. The van der Waals surface area contributed by atoms with Crippen LogP contribution in [-0.2, 0) is 6.42 Å². The second-order valence-electron chi connectivity index (χ2n) is 5.33. The molecule has 0 aliphatic rings. The van der Waals surface area contributed by atoms with Crippen molar-refractivity contribution in [2.75, 3.05) is 13.1 Å². The summed E-state index contributed by atoms with van der Waals surface area (Å²) in [5.74, 6) is 2.25. The molecule has 0 unspecified atom stereocenters. The third-order valence-electron chi connectivity index (χ3n) is 2.96. The van der Waals surface area contributed by atoms with Crippen LogP contribution in [0.5, 0.6) is 0 Å². The van der Waals surface area contributed by atoms with Crippen LogP contribution in [-0.4, -0.2) is 18.1 Å². The minimum absolute atomic E-state index is 0.686. The number of oxazole rings is 1. The van der Waals surface area contributed by atoms with Crippen LogP contribution in [0.1, 0.15) is 26.2 Å². The Morgan fingerprint density at radius 3 is 2.95 bits per heavy atom. The van der Waals surface area contributed by atoms with E-state index in [9.17, 15) is 0 Å². The molecule has 108 valence electrons. The fourth-order valence-corrected chi connectivity index (χ4v) is 2.15. The summed E-state index contributed by atoms with van der Waals surface area (Å²) in [6.07, 6.45) is 3.65. The van der Waals surface area contributed by atoms with Crippen LogP contribution in [0.3, 0.4) is 0 Å². The van der Waals surface area contributed by atoms with E-state index in [0.29, 0.717) is 10.9 Å². The normalized spacial score (nSPS) is 11.2. The minimum Gasteiger partial charge on any atom is -0.441 e. The Labute approximate surface area is 125 Å². The Morgan fingerprint density at radius 2 is 2.20 bits per heavy atom. The number of rotatable bonds is 7. The zero-order valence-electron chi connectivity index (χ0n) is 12.0. The summed E-state index contributed by atoms with van der Waals surface area (Å²) in [6, 6.07) is 7.62. The van der Waals surface area contributed by atoms with Crippen molar-refractivity contribution < 1.29 is 4.42 Å². The van der Waals surface area contributed by atoms with Gasteiger partial charge in [-0.15, -0.1) is 0 Å². The smallest absolute Gasteiger partial charge is 0.194 e. The monoisotopic (exact) mass is 292 g/mol. The van der Waals surface area contributed by atoms with E-state index in [4.69, 9.17) is 16.0 Å². The lowest BCUT2D eigenvalue weighted by molar-refractivity contribution is 0.483. The molecule has 1 N–H and O–H groups in total. The van der Waals surface area contributed by atoms with Crippen molar-refractivity contribution in [3.05, 3.63) is 41.4 Å². The molecule has 0 amide bonds. The maximum Gasteiger partial charge on any atom is 0.194 e. The first-order valence-electron chi connectivity index (χ1n) is 7.06. The molecule has 4 heteroatoms. The van der Waals surface area contributed by atoms with Gasteiger partial charge in [0.1, 0.15) is 0 Å². The number of hydrogen-bond acceptors (Lipinski definition) is 3. The van der Waals surface area contributed by atoms with Crippen LogP contribution < -0.4 is 5.32 Å². The number of halogens is 1. The molecule has 1 aromatic heterocycles. The van der Waals surface area contributed by atoms with Crippen molar-refractivity contribution in [1.29, 1.82) is 0 Å². The van der Waals surface area contributed by atoms with Gasteiger partial charge in [0.2, 0.25) is 0 Å². The van der Waals surface area contributed by atoms with Crippen LogP contribution in [0.25, 0.3) is 11.3 Å². The van der Waals surface area contributed by atoms with Crippen molar-refractivity contribution in [3.63, 3.8) is 0 Å². The number of nitrogens with zero attached hydrogens (tertiary/aromatic N) is 1. The molecule has 0 radical (unpaired) electrons. The largest absolute Gasteiger partial charge is 0.441 e. The van der Waals surface area contributed by atoms with Gasteiger partial charge in [-0.3, -0.25) is 0 Å². The van der Waals surface area contributed by atoms with Crippen molar-refractivity contribution in [1.82, 2.24) is 10.3 Å². The molecule has 2 rings (SSSR count). The lowest BCUT2D eigenvalue weighted by Gasteiger charge is -2.05. The van der Waals surface area contributed by atoms with E-state index in [2.05, 4.69) is 24.1 Å². The van der Waals surface area contributed by atoms with Crippen LogP contribution in [0.4, 0.5) is 0 Å². The molecule has 1 aromatic carbocycles. The van der Waals surface area contributed by atoms with Crippen LogP contribution in [0.15, 0.2) is 34.9 Å². The Bertz CT molecular complexity index is 537. The maximum atomic E-state index is 5.98. The van der Waals surface area contributed by atoms with Gasteiger partial charge >= 0.3 is 0 Å². The van der Waals surface area contributed by atoms with Gasteiger partial charge in [0.05, 0.1) is 6.20 Å². The molecule has 1 heterocycles. The number of hydrogen-bond donors (Lipinski definition) is 1. The third-order valence-corrected chi connectivity index (χ3v) is 3.19. The number of aromatic nitrogens is 1. The third kappa shape index (κ3) is 4.66. The minimum atomic E-state index is 0.686. The van der Waals surface area contributed by atoms with Gasteiger partial charge in [-0.2, -0.15) is 0 Å². The molecule has 0 aliphatic heterocycles. The van der Waals surface area contributed by atoms with Gasteiger partial charge in [0.25, 0.3) is 0 Å². The molecule has 0 bridgehead atoms. The summed E-state index contributed by atoms with van der Waals surface area (Å²) in [6.45, 7) is 6.46. The lowest BCUT2D eigenvalue weighted by atomic mass is 10.2. The Hall–Kier alpha value is -1.32. The summed E-state index contributed by atoms with van der Waals surface area (Å²) < 4.78 is 5.75. The van der Waals surface area contributed by atoms with E-state index in [1.165, 1.54) is 0 Å². The fourth-order valence-electron chi connectivity index (χ4n) is 1.96.